The fourth-order valence-electron chi connectivity index (χ4n) is 10.1. The van der Waals surface area contributed by atoms with Crippen molar-refractivity contribution in [3.63, 3.8) is 0 Å². The minimum Gasteiger partial charge on any atom is -0.394 e. The first kappa shape index (κ1) is 70.3. The zero-order chi connectivity index (χ0) is 54.0. The van der Waals surface area contributed by atoms with E-state index in [9.17, 15) is 40.5 Å². The van der Waals surface area contributed by atoms with Crippen LogP contribution in [0.25, 0.3) is 0 Å². The summed E-state index contributed by atoms with van der Waals surface area (Å²) in [5.74, 6) is -0.708. The first-order valence-electron chi connectivity index (χ1n) is 31.4. The van der Waals surface area contributed by atoms with Crippen LogP contribution in [-0.4, -0.2) is 110 Å². The van der Waals surface area contributed by atoms with Gasteiger partial charge in [0.1, 0.15) is 36.6 Å². The maximum atomic E-state index is 13.2. The van der Waals surface area contributed by atoms with Crippen molar-refractivity contribution in [2.24, 2.45) is 0 Å². The van der Waals surface area contributed by atoms with E-state index in [-0.39, 0.29) is 12.8 Å². The summed E-state index contributed by atoms with van der Waals surface area (Å²) in [7, 11) is 0. The lowest BCUT2D eigenvalue weighted by Gasteiger charge is -2.40. The number of aliphatic hydroxyl groups excluding tert-OH is 7. The molecule has 1 fully saturated rings. The lowest BCUT2D eigenvalue weighted by Crippen LogP contribution is -2.60. The van der Waals surface area contributed by atoms with Crippen LogP contribution in [0.3, 0.4) is 0 Å². The molecule has 9 atom stereocenters. The van der Waals surface area contributed by atoms with Crippen molar-refractivity contribution < 1.29 is 50.0 Å². The molecule has 0 aromatic rings. The van der Waals surface area contributed by atoms with E-state index < -0.39 is 74.2 Å². The molecular weight excluding hydrogens is 931 g/mol. The van der Waals surface area contributed by atoms with Gasteiger partial charge in [-0.2, -0.15) is 0 Å². The number of unbranched alkanes of at least 4 members (excludes halogenated alkanes) is 36. The molecule has 11 heteroatoms. The number of ether oxygens (including phenoxy) is 2. The summed E-state index contributed by atoms with van der Waals surface area (Å²) in [4.78, 5) is 13.2. The monoisotopic (exact) mass is 1050 g/mol. The summed E-state index contributed by atoms with van der Waals surface area (Å²) in [5, 5.41) is 76.2. The normalized spacial score (nSPS) is 20.0. The molecule has 1 heterocycles. The second-order valence-electron chi connectivity index (χ2n) is 22.1. The van der Waals surface area contributed by atoms with E-state index in [0.717, 1.165) is 44.9 Å². The number of aliphatic hydroxyl groups is 7. The Morgan fingerprint density at radius 3 is 1.20 bits per heavy atom. The summed E-state index contributed by atoms with van der Waals surface area (Å²) in [6.45, 7) is 3.44. The van der Waals surface area contributed by atoms with Crippen molar-refractivity contribution in [1.82, 2.24) is 5.32 Å². The van der Waals surface area contributed by atoms with Gasteiger partial charge < -0.3 is 50.5 Å². The molecule has 1 rings (SSSR count). The molecule has 0 aliphatic carbocycles. The standard InChI is InChI=1S/C63H119NO10/c1-3-5-7-9-11-13-15-17-19-21-22-23-24-25-26-27-28-29-30-31-32-33-35-37-39-41-43-45-47-49-51-56(67)62(72)64-54(53-73-63-61(71)60(70)59(69)57(52-65)74-63)58(68)55(66)50-48-46-44-42-40-38-36-34-20-18-16-14-12-10-8-6-4-2/h14,16,34,36,42,44,54-61,63,65-71H,3-13,15,17-33,35,37-41,43,45-53H2,1-2H3,(H,64,72)/b16-14+,36-34+,44-42+. The maximum Gasteiger partial charge on any atom is 0.249 e. The van der Waals surface area contributed by atoms with Crippen LogP contribution >= 0.6 is 0 Å². The van der Waals surface area contributed by atoms with E-state index >= 15 is 0 Å². The average molecular weight is 1050 g/mol. The number of carbonyl (C=O) groups excluding carboxylic acids is 1. The first-order chi connectivity index (χ1) is 36.2. The molecule has 11 nitrogen and oxygen atoms in total. The van der Waals surface area contributed by atoms with Crippen molar-refractivity contribution >= 4 is 5.91 Å². The predicted molar refractivity (Wildman–Crippen MR) is 307 cm³/mol. The minimum atomic E-state index is -1.67. The van der Waals surface area contributed by atoms with Gasteiger partial charge >= 0.3 is 0 Å². The molecule has 0 radical (unpaired) electrons. The number of amides is 1. The van der Waals surface area contributed by atoms with Gasteiger partial charge in [0.15, 0.2) is 6.29 Å². The summed E-state index contributed by atoms with van der Waals surface area (Å²) in [6, 6.07) is -1.19. The Morgan fingerprint density at radius 2 is 0.811 bits per heavy atom. The topological polar surface area (TPSA) is 189 Å². The van der Waals surface area contributed by atoms with Gasteiger partial charge in [0.2, 0.25) is 5.91 Å². The second kappa shape index (κ2) is 52.1. The Hall–Kier alpha value is -1.67. The zero-order valence-electron chi connectivity index (χ0n) is 47.8. The Kier molecular flexibility index (Phi) is 49.5. The Bertz CT molecular complexity index is 1300. The maximum absolute atomic E-state index is 13.2. The summed E-state index contributed by atoms with van der Waals surface area (Å²) >= 11 is 0. The van der Waals surface area contributed by atoms with E-state index in [1.54, 1.807) is 0 Å². The smallest absolute Gasteiger partial charge is 0.249 e. The van der Waals surface area contributed by atoms with Gasteiger partial charge in [-0.25, -0.2) is 0 Å². The molecule has 0 saturated carbocycles. The van der Waals surface area contributed by atoms with Crippen molar-refractivity contribution in [1.29, 1.82) is 0 Å². The van der Waals surface area contributed by atoms with E-state index in [1.165, 1.54) is 199 Å². The van der Waals surface area contributed by atoms with Crippen LogP contribution in [0.15, 0.2) is 36.5 Å². The third-order valence-electron chi connectivity index (χ3n) is 15.2. The number of hydrogen-bond acceptors (Lipinski definition) is 10. The summed E-state index contributed by atoms with van der Waals surface area (Å²) in [5.41, 5.74) is 0. The summed E-state index contributed by atoms with van der Waals surface area (Å²) < 4.78 is 11.1. The summed E-state index contributed by atoms with van der Waals surface area (Å²) in [6.07, 6.45) is 53.6. The van der Waals surface area contributed by atoms with Crippen LogP contribution in [0.4, 0.5) is 0 Å². The van der Waals surface area contributed by atoms with Crippen LogP contribution in [0.2, 0.25) is 0 Å². The van der Waals surface area contributed by atoms with Crippen LogP contribution in [0, 0.1) is 0 Å². The number of hydrogen-bond donors (Lipinski definition) is 8. The highest BCUT2D eigenvalue weighted by Gasteiger charge is 2.44. The number of rotatable bonds is 54. The quantitative estimate of drug-likeness (QED) is 0.0215. The molecule has 1 amide bonds. The number of nitrogens with one attached hydrogen (secondary N) is 1. The lowest BCUT2D eigenvalue weighted by molar-refractivity contribution is -0.303. The van der Waals surface area contributed by atoms with Crippen molar-refractivity contribution in [3.05, 3.63) is 36.5 Å². The molecule has 1 aliphatic rings. The minimum absolute atomic E-state index is 0.242. The van der Waals surface area contributed by atoms with Gasteiger partial charge in [-0.15, -0.1) is 0 Å². The zero-order valence-corrected chi connectivity index (χ0v) is 47.8. The van der Waals surface area contributed by atoms with Crippen LogP contribution < -0.4 is 5.32 Å². The Morgan fingerprint density at radius 1 is 0.459 bits per heavy atom. The molecule has 9 unspecified atom stereocenters. The molecule has 436 valence electrons. The number of allylic oxidation sites excluding steroid dienone is 6. The molecule has 1 saturated heterocycles. The lowest BCUT2D eigenvalue weighted by atomic mass is 9.98. The first-order valence-corrected chi connectivity index (χ1v) is 31.4. The molecule has 74 heavy (non-hydrogen) atoms. The van der Waals surface area contributed by atoms with Gasteiger partial charge in [0.25, 0.3) is 0 Å². The van der Waals surface area contributed by atoms with Crippen LogP contribution in [-0.2, 0) is 14.3 Å². The molecule has 0 aromatic carbocycles. The van der Waals surface area contributed by atoms with E-state index in [2.05, 4.69) is 55.6 Å². The van der Waals surface area contributed by atoms with Crippen molar-refractivity contribution in [2.75, 3.05) is 13.2 Å². The Balaban J connectivity index is 2.23. The van der Waals surface area contributed by atoms with E-state index in [4.69, 9.17) is 9.47 Å². The second-order valence-corrected chi connectivity index (χ2v) is 22.1. The highest BCUT2D eigenvalue weighted by Crippen LogP contribution is 2.23. The third kappa shape index (κ3) is 39.7. The molecule has 0 spiro atoms. The third-order valence-corrected chi connectivity index (χ3v) is 15.2. The van der Waals surface area contributed by atoms with Gasteiger partial charge in [-0.05, 0) is 64.2 Å². The van der Waals surface area contributed by atoms with Crippen LogP contribution in [0.5, 0.6) is 0 Å². The van der Waals surface area contributed by atoms with Crippen molar-refractivity contribution in [2.45, 2.75) is 345 Å². The SMILES string of the molecule is CCCCCC/C=C/CC/C=C/CC/C=C/CCCC(O)C(O)C(COC1OC(CO)C(O)C(O)C1O)NC(=O)C(O)CCCCCCCCCCCCCCCCCCCCCCCCCCCCCCCC. The van der Waals surface area contributed by atoms with Gasteiger partial charge in [-0.1, -0.05) is 262 Å². The molecular formula is C63H119NO10. The van der Waals surface area contributed by atoms with Crippen molar-refractivity contribution in [3.8, 4) is 0 Å². The fraction of sp³-hybridized carbons (Fsp3) is 0.889. The Labute approximate surface area is 454 Å². The molecule has 8 N–H and O–H groups in total. The average Bonchev–Trinajstić information content (AvgIpc) is 3.40. The highest BCUT2D eigenvalue weighted by molar-refractivity contribution is 5.80. The molecule has 0 aromatic heterocycles. The van der Waals surface area contributed by atoms with E-state index in [1.807, 2.05) is 0 Å². The van der Waals surface area contributed by atoms with Gasteiger partial charge in [0.05, 0.1) is 25.4 Å². The molecule has 0 bridgehead atoms. The highest BCUT2D eigenvalue weighted by atomic mass is 16.7. The van der Waals surface area contributed by atoms with Gasteiger partial charge in [-0.3, -0.25) is 4.79 Å². The number of carbonyl (C=O) groups is 1. The van der Waals surface area contributed by atoms with E-state index in [0.29, 0.717) is 19.3 Å². The van der Waals surface area contributed by atoms with Crippen LogP contribution in [0.1, 0.15) is 290 Å². The van der Waals surface area contributed by atoms with Gasteiger partial charge in [0, 0.05) is 0 Å². The fourth-order valence-corrected chi connectivity index (χ4v) is 10.1. The predicted octanol–water partition coefficient (Wildman–Crippen LogP) is 13.9. The largest absolute Gasteiger partial charge is 0.394 e. The molecule has 1 aliphatic heterocycles.